The van der Waals surface area contributed by atoms with Gasteiger partial charge >= 0.3 is 5.97 Å². The smallest absolute Gasteiger partial charge is 0.339 e. The number of sulfonamides is 1. The highest BCUT2D eigenvalue weighted by Crippen LogP contribution is 2.25. The highest BCUT2D eigenvalue weighted by Gasteiger charge is 2.26. The van der Waals surface area contributed by atoms with Crippen LogP contribution in [0.4, 0.5) is 0 Å². The molecule has 3 N–H and O–H groups in total. The van der Waals surface area contributed by atoms with E-state index >= 15 is 0 Å². The third kappa shape index (κ3) is 5.37. The molecule has 3 rings (SSSR count). The standard InChI is InChI=1S/C20H21ClN2O6S/c21-16-9-8-14(11-17(16)30(26,27)23-12-15-7-4-10-28-15)20(25)29-18(19(22)24)13-5-2-1-3-6-13/h1-3,5-6,8-9,11,15,18,23H,4,7,10,12H2,(H2,22,24)/t15-,18-/m0/s1. The van der Waals surface area contributed by atoms with Gasteiger partial charge in [-0.3, -0.25) is 4.79 Å². The van der Waals surface area contributed by atoms with Gasteiger partial charge in [0.1, 0.15) is 4.90 Å². The predicted octanol–water partition coefficient (Wildman–Crippen LogP) is 2.18. The van der Waals surface area contributed by atoms with E-state index < -0.39 is 28.0 Å². The third-order valence-corrected chi connectivity index (χ3v) is 6.47. The zero-order valence-electron chi connectivity index (χ0n) is 15.9. The van der Waals surface area contributed by atoms with Gasteiger partial charge in [-0.2, -0.15) is 0 Å². The van der Waals surface area contributed by atoms with Gasteiger partial charge in [0, 0.05) is 18.7 Å². The Bertz CT molecular complexity index is 1020. The van der Waals surface area contributed by atoms with Gasteiger partial charge in [-0.15, -0.1) is 0 Å². The number of hydrogen-bond acceptors (Lipinski definition) is 6. The molecule has 1 amide bonds. The molecule has 0 bridgehead atoms. The van der Waals surface area contributed by atoms with Crippen molar-refractivity contribution in [3.8, 4) is 0 Å². The second-order valence-electron chi connectivity index (χ2n) is 6.73. The summed E-state index contributed by atoms with van der Waals surface area (Å²) in [5, 5.41) is -0.0547. The minimum atomic E-state index is -3.99. The van der Waals surface area contributed by atoms with E-state index in [1.165, 1.54) is 12.1 Å². The van der Waals surface area contributed by atoms with Gasteiger partial charge in [-0.1, -0.05) is 41.9 Å². The zero-order valence-corrected chi connectivity index (χ0v) is 17.5. The molecule has 1 saturated heterocycles. The Morgan fingerprint density at radius 1 is 1.23 bits per heavy atom. The molecule has 10 heteroatoms. The first-order valence-corrected chi connectivity index (χ1v) is 11.1. The highest BCUT2D eigenvalue weighted by atomic mass is 35.5. The van der Waals surface area contributed by atoms with Gasteiger partial charge in [0.2, 0.25) is 16.1 Å². The number of amides is 1. The quantitative estimate of drug-likeness (QED) is 0.591. The molecule has 2 aromatic rings. The van der Waals surface area contributed by atoms with Crippen molar-refractivity contribution in [3.05, 3.63) is 64.7 Å². The molecule has 2 aromatic carbocycles. The lowest BCUT2D eigenvalue weighted by Gasteiger charge is -2.16. The van der Waals surface area contributed by atoms with Crippen LogP contribution in [-0.4, -0.2) is 39.5 Å². The van der Waals surface area contributed by atoms with E-state index in [1.54, 1.807) is 30.3 Å². The molecular formula is C20H21ClN2O6S. The van der Waals surface area contributed by atoms with Crippen LogP contribution in [0.15, 0.2) is 53.4 Å². The second kappa shape index (κ2) is 9.57. The summed E-state index contributed by atoms with van der Waals surface area (Å²) in [5.41, 5.74) is 5.68. The van der Waals surface area contributed by atoms with Crippen molar-refractivity contribution in [1.29, 1.82) is 0 Å². The van der Waals surface area contributed by atoms with Gasteiger partial charge in [-0.25, -0.2) is 17.9 Å². The van der Waals surface area contributed by atoms with E-state index in [9.17, 15) is 18.0 Å². The second-order valence-corrected chi connectivity index (χ2v) is 8.87. The van der Waals surface area contributed by atoms with Gasteiger partial charge in [0.25, 0.3) is 5.91 Å². The number of primary amides is 1. The summed E-state index contributed by atoms with van der Waals surface area (Å²) in [4.78, 5) is 24.1. The van der Waals surface area contributed by atoms with E-state index in [1.807, 2.05) is 0 Å². The maximum Gasteiger partial charge on any atom is 0.339 e. The summed E-state index contributed by atoms with van der Waals surface area (Å²) in [6.07, 6.45) is 0.119. The van der Waals surface area contributed by atoms with Crippen molar-refractivity contribution in [3.63, 3.8) is 0 Å². The fraction of sp³-hybridized carbons (Fsp3) is 0.300. The van der Waals surface area contributed by atoms with Crippen molar-refractivity contribution >= 4 is 33.5 Å². The fourth-order valence-corrected chi connectivity index (χ4v) is 4.61. The Morgan fingerprint density at radius 2 is 1.97 bits per heavy atom. The number of carbonyl (C=O) groups is 2. The number of hydrogen-bond donors (Lipinski definition) is 2. The molecule has 0 spiro atoms. The van der Waals surface area contributed by atoms with Gasteiger partial charge < -0.3 is 15.2 Å². The van der Waals surface area contributed by atoms with Gasteiger partial charge in [0.15, 0.2) is 0 Å². The molecule has 1 fully saturated rings. The fourth-order valence-electron chi connectivity index (χ4n) is 3.02. The van der Waals surface area contributed by atoms with Crippen molar-refractivity contribution < 1.29 is 27.5 Å². The molecule has 2 atom stereocenters. The van der Waals surface area contributed by atoms with Gasteiger partial charge in [0.05, 0.1) is 16.7 Å². The summed E-state index contributed by atoms with van der Waals surface area (Å²) >= 11 is 6.06. The van der Waals surface area contributed by atoms with Crippen molar-refractivity contribution in [2.24, 2.45) is 5.73 Å². The minimum Gasteiger partial charge on any atom is -0.444 e. The summed E-state index contributed by atoms with van der Waals surface area (Å²) in [6.45, 7) is 0.696. The molecule has 1 aliphatic rings. The van der Waals surface area contributed by atoms with Crippen LogP contribution in [0.2, 0.25) is 5.02 Å². The molecule has 8 nitrogen and oxygen atoms in total. The first-order valence-electron chi connectivity index (χ1n) is 9.24. The first kappa shape index (κ1) is 22.2. The van der Waals surface area contributed by atoms with Crippen molar-refractivity contribution in [1.82, 2.24) is 4.72 Å². The zero-order chi connectivity index (χ0) is 21.7. The Balaban J connectivity index is 1.79. The first-order chi connectivity index (χ1) is 14.3. The van der Waals surface area contributed by atoms with Crippen LogP contribution < -0.4 is 10.5 Å². The number of rotatable bonds is 8. The summed E-state index contributed by atoms with van der Waals surface area (Å²) in [5.74, 6) is -1.76. The van der Waals surface area contributed by atoms with Crippen LogP contribution in [0.25, 0.3) is 0 Å². The van der Waals surface area contributed by atoms with Crippen LogP contribution in [0.3, 0.4) is 0 Å². The van der Waals surface area contributed by atoms with E-state index in [4.69, 9.17) is 26.8 Å². The van der Waals surface area contributed by atoms with Crippen LogP contribution in [-0.2, 0) is 24.3 Å². The number of ether oxygens (including phenoxy) is 2. The van der Waals surface area contributed by atoms with Crippen molar-refractivity contribution in [2.75, 3.05) is 13.2 Å². The number of halogens is 1. The lowest BCUT2D eigenvalue weighted by Crippen LogP contribution is -2.32. The van der Waals surface area contributed by atoms with E-state index in [0.717, 1.165) is 18.9 Å². The Labute approximate surface area is 179 Å². The number of carbonyl (C=O) groups excluding carboxylic acids is 2. The topological polar surface area (TPSA) is 125 Å². The average molecular weight is 453 g/mol. The van der Waals surface area contributed by atoms with E-state index in [2.05, 4.69) is 4.72 Å². The summed E-state index contributed by atoms with van der Waals surface area (Å²) in [7, 11) is -3.99. The van der Waals surface area contributed by atoms with Crippen LogP contribution in [0, 0.1) is 0 Å². The number of nitrogens with one attached hydrogen (secondary N) is 1. The largest absolute Gasteiger partial charge is 0.444 e. The predicted molar refractivity (Wildman–Crippen MR) is 109 cm³/mol. The molecule has 30 heavy (non-hydrogen) atoms. The maximum absolute atomic E-state index is 12.7. The van der Waals surface area contributed by atoms with E-state index in [0.29, 0.717) is 12.2 Å². The number of esters is 1. The molecule has 160 valence electrons. The SMILES string of the molecule is NC(=O)[C@@H](OC(=O)c1ccc(Cl)c(S(=O)(=O)NC[C@@H]2CCCO2)c1)c1ccccc1. The Hall–Kier alpha value is -2.46. The monoisotopic (exact) mass is 452 g/mol. The van der Waals surface area contributed by atoms with Crippen LogP contribution in [0.5, 0.6) is 0 Å². The maximum atomic E-state index is 12.7. The Kier molecular flexibility index (Phi) is 7.09. The summed E-state index contributed by atoms with van der Waals surface area (Å²) < 4.78 is 38.4. The third-order valence-electron chi connectivity index (χ3n) is 4.57. The molecule has 0 aromatic heterocycles. The lowest BCUT2D eigenvalue weighted by atomic mass is 10.1. The molecule has 0 aliphatic carbocycles. The van der Waals surface area contributed by atoms with Gasteiger partial charge in [-0.05, 0) is 31.0 Å². The molecule has 0 unspecified atom stereocenters. The molecular weight excluding hydrogens is 432 g/mol. The van der Waals surface area contributed by atoms with Crippen LogP contribution >= 0.6 is 11.6 Å². The van der Waals surface area contributed by atoms with Crippen molar-refractivity contribution in [2.45, 2.75) is 29.9 Å². The Morgan fingerprint density at radius 3 is 2.60 bits per heavy atom. The normalized spacial score (nSPS) is 17.4. The van der Waals surface area contributed by atoms with E-state index in [-0.39, 0.29) is 28.1 Å². The highest BCUT2D eigenvalue weighted by molar-refractivity contribution is 7.89. The molecule has 0 radical (unpaired) electrons. The molecule has 0 saturated carbocycles. The number of benzene rings is 2. The number of nitrogens with two attached hydrogens (primary N) is 1. The van der Waals surface area contributed by atoms with Crippen LogP contribution in [0.1, 0.15) is 34.9 Å². The molecule has 1 aliphatic heterocycles. The minimum absolute atomic E-state index is 0.0547. The molecule has 1 heterocycles. The summed E-state index contributed by atoms with van der Waals surface area (Å²) in [6, 6.07) is 12.0. The lowest BCUT2D eigenvalue weighted by molar-refractivity contribution is -0.127. The average Bonchev–Trinajstić information content (AvgIpc) is 3.25.